The van der Waals surface area contributed by atoms with Gasteiger partial charge in [-0.1, -0.05) is 47.7 Å². The van der Waals surface area contributed by atoms with Gasteiger partial charge in [-0.2, -0.15) is 9.50 Å². The van der Waals surface area contributed by atoms with Gasteiger partial charge in [-0.25, -0.2) is 0 Å². The fraction of sp³-hybridized carbons (Fsp3) is 0.120. The second-order valence-corrected chi connectivity index (χ2v) is 8.79. The minimum absolute atomic E-state index is 0.00913. The van der Waals surface area contributed by atoms with Crippen molar-refractivity contribution in [2.45, 2.75) is 13.0 Å². The molecule has 6 rings (SSSR count). The summed E-state index contributed by atoms with van der Waals surface area (Å²) >= 11 is 1.23. The van der Waals surface area contributed by atoms with Gasteiger partial charge in [-0.3, -0.25) is 9.59 Å². The van der Waals surface area contributed by atoms with Gasteiger partial charge >= 0.3 is 0 Å². The van der Waals surface area contributed by atoms with Crippen LogP contribution in [0.4, 0.5) is 0 Å². The minimum Gasteiger partial charge on any atom is -0.485 e. The number of hydrogen-bond donors (Lipinski definition) is 0. The molecule has 2 aromatic carbocycles. The first-order valence-corrected chi connectivity index (χ1v) is 11.4. The molecule has 0 aliphatic carbocycles. The lowest BCUT2D eigenvalue weighted by molar-refractivity contribution is 0.0852. The van der Waals surface area contributed by atoms with E-state index in [1.165, 1.54) is 22.8 Å². The Morgan fingerprint density at radius 3 is 2.65 bits per heavy atom. The highest BCUT2D eigenvalue weighted by Crippen LogP contribution is 2.35. The lowest BCUT2D eigenvalue weighted by Gasteiger charge is -2.24. The molecule has 1 aliphatic heterocycles. The summed E-state index contributed by atoms with van der Waals surface area (Å²) in [6, 6.07) is 18.2. The SMILES string of the molecule is CC(=O)c1ccc(-c2ccc(/C=c3\sc4nc([C@H]5COc6ccccc6O5)nn4c3=O)o2)cc1. The van der Waals surface area contributed by atoms with Crippen molar-refractivity contribution in [3.63, 3.8) is 0 Å². The van der Waals surface area contributed by atoms with Crippen molar-refractivity contribution in [3.05, 3.63) is 92.7 Å². The molecule has 0 saturated heterocycles. The number of aromatic nitrogens is 3. The summed E-state index contributed by atoms with van der Waals surface area (Å²) in [6.07, 6.45) is 1.18. The number of para-hydroxylation sites is 2. The molecule has 1 atom stereocenters. The first kappa shape index (κ1) is 20.4. The van der Waals surface area contributed by atoms with E-state index in [-0.39, 0.29) is 17.9 Å². The highest BCUT2D eigenvalue weighted by molar-refractivity contribution is 7.15. The molecule has 5 aromatic rings. The summed E-state index contributed by atoms with van der Waals surface area (Å²) in [5, 5.41) is 4.37. The van der Waals surface area contributed by atoms with Crippen LogP contribution in [0.5, 0.6) is 11.5 Å². The number of hydrogen-bond acceptors (Lipinski definition) is 8. The van der Waals surface area contributed by atoms with Crippen molar-refractivity contribution in [3.8, 4) is 22.8 Å². The van der Waals surface area contributed by atoms with Crippen LogP contribution >= 0.6 is 11.3 Å². The first-order valence-electron chi connectivity index (χ1n) is 10.6. The minimum atomic E-state index is -0.490. The Balaban J connectivity index is 1.27. The molecular weight excluding hydrogens is 454 g/mol. The number of ketones is 1. The Morgan fingerprint density at radius 1 is 1.09 bits per heavy atom. The van der Waals surface area contributed by atoms with E-state index >= 15 is 0 Å². The second-order valence-electron chi connectivity index (χ2n) is 7.78. The zero-order valence-corrected chi connectivity index (χ0v) is 18.7. The van der Waals surface area contributed by atoms with Gasteiger partial charge in [0.15, 0.2) is 29.2 Å². The zero-order valence-electron chi connectivity index (χ0n) is 17.9. The molecule has 0 radical (unpaired) electrons. The van der Waals surface area contributed by atoms with Crippen molar-refractivity contribution in [2.24, 2.45) is 0 Å². The number of furan rings is 1. The normalized spacial score (nSPS) is 15.7. The van der Waals surface area contributed by atoms with Crippen molar-refractivity contribution in [2.75, 3.05) is 6.61 Å². The van der Waals surface area contributed by atoms with Crippen LogP contribution in [-0.4, -0.2) is 27.0 Å². The van der Waals surface area contributed by atoms with Gasteiger partial charge in [0, 0.05) is 17.2 Å². The van der Waals surface area contributed by atoms with Crippen molar-refractivity contribution >= 4 is 28.2 Å². The predicted octanol–water partition coefficient (Wildman–Crippen LogP) is 3.67. The van der Waals surface area contributed by atoms with Crippen LogP contribution in [0.15, 0.2) is 69.9 Å². The highest BCUT2D eigenvalue weighted by atomic mass is 32.1. The van der Waals surface area contributed by atoms with Gasteiger partial charge in [-0.15, -0.1) is 5.10 Å². The summed E-state index contributed by atoms with van der Waals surface area (Å²) < 4.78 is 19.3. The van der Waals surface area contributed by atoms with E-state index in [0.29, 0.717) is 43.9 Å². The lowest BCUT2D eigenvalue weighted by atomic mass is 10.1. The molecule has 0 saturated carbocycles. The molecule has 3 aromatic heterocycles. The second kappa shape index (κ2) is 7.96. The largest absolute Gasteiger partial charge is 0.485 e. The molecule has 9 heteroatoms. The molecule has 0 N–H and O–H groups in total. The number of benzene rings is 2. The summed E-state index contributed by atoms with van der Waals surface area (Å²) in [5.74, 6) is 2.89. The van der Waals surface area contributed by atoms with Crippen LogP contribution in [0.1, 0.15) is 35.0 Å². The number of thiazole rings is 1. The lowest BCUT2D eigenvalue weighted by Crippen LogP contribution is -2.26. The van der Waals surface area contributed by atoms with E-state index < -0.39 is 6.10 Å². The molecule has 34 heavy (non-hydrogen) atoms. The molecule has 0 unspecified atom stereocenters. The van der Waals surface area contributed by atoms with E-state index in [9.17, 15) is 9.59 Å². The van der Waals surface area contributed by atoms with E-state index in [1.54, 1.807) is 24.3 Å². The third-order valence-corrected chi connectivity index (χ3v) is 6.43. The molecule has 0 spiro atoms. The standard InChI is InChI=1S/C25H17N3O5S/c1-14(29)15-6-8-16(9-7-15)18-11-10-17(32-18)12-22-24(30)28-25(34-22)26-23(27-28)21-13-31-19-4-2-3-5-20(19)33-21/h2-12,21H,13H2,1H3/b22-12-/t21-/m1/s1. The first-order chi connectivity index (χ1) is 16.5. The average molecular weight is 471 g/mol. The van der Waals surface area contributed by atoms with E-state index in [4.69, 9.17) is 13.9 Å². The Bertz CT molecular complexity index is 1650. The Hall–Kier alpha value is -4.24. The quantitative estimate of drug-likeness (QED) is 0.369. The summed E-state index contributed by atoms with van der Waals surface area (Å²) in [7, 11) is 0. The van der Waals surface area contributed by atoms with Crippen molar-refractivity contribution in [1.29, 1.82) is 0 Å². The van der Waals surface area contributed by atoms with Crippen LogP contribution < -0.4 is 19.6 Å². The number of fused-ring (bicyclic) bond motifs is 2. The van der Waals surface area contributed by atoms with Gasteiger partial charge in [0.05, 0.1) is 0 Å². The molecule has 0 fully saturated rings. The number of Topliss-reactive ketones (excluding diaryl/α,β-unsaturated/α-hetero) is 1. The Kier molecular flexibility index (Phi) is 4.77. The van der Waals surface area contributed by atoms with Gasteiger partial charge in [0.2, 0.25) is 4.96 Å². The predicted molar refractivity (Wildman–Crippen MR) is 125 cm³/mol. The Morgan fingerprint density at radius 2 is 1.88 bits per heavy atom. The van der Waals surface area contributed by atoms with Crippen LogP contribution in [-0.2, 0) is 0 Å². The zero-order chi connectivity index (χ0) is 23.2. The van der Waals surface area contributed by atoms with Gasteiger partial charge in [0.25, 0.3) is 5.56 Å². The summed E-state index contributed by atoms with van der Waals surface area (Å²) in [6.45, 7) is 1.80. The monoisotopic (exact) mass is 471 g/mol. The molecule has 0 amide bonds. The van der Waals surface area contributed by atoms with Crippen LogP contribution in [0, 0.1) is 0 Å². The smallest absolute Gasteiger partial charge is 0.291 e. The maximum Gasteiger partial charge on any atom is 0.291 e. The summed E-state index contributed by atoms with van der Waals surface area (Å²) in [5.41, 5.74) is 1.21. The third kappa shape index (κ3) is 3.56. The van der Waals surface area contributed by atoms with E-state index in [2.05, 4.69) is 10.1 Å². The average Bonchev–Trinajstić information content (AvgIpc) is 3.56. The highest BCUT2D eigenvalue weighted by Gasteiger charge is 2.27. The number of rotatable bonds is 4. The molecule has 4 heterocycles. The Labute approximate surface area is 196 Å². The van der Waals surface area contributed by atoms with Crippen molar-refractivity contribution < 1.29 is 18.7 Å². The molecular formula is C25H17N3O5S. The number of carbonyl (C=O) groups is 1. The number of carbonyl (C=O) groups excluding carboxylic acids is 1. The van der Waals surface area contributed by atoms with Gasteiger partial charge in [0.1, 0.15) is 22.7 Å². The number of ether oxygens (including phenoxy) is 2. The molecule has 0 bridgehead atoms. The fourth-order valence-corrected chi connectivity index (χ4v) is 4.61. The topological polar surface area (TPSA) is 95.9 Å². The van der Waals surface area contributed by atoms with E-state index in [1.807, 2.05) is 42.5 Å². The maximum absolute atomic E-state index is 12.9. The maximum atomic E-state index is 12.9. The summed E-state index contributed by atoms with van der Waals surface area (Å²) in [4.78, 5) is 29.3. The van der Waals surface area contributed by atoms with Gasteiger partial charge < -0.3 is 13.9 Å². The van der Waals surface area contributed by atoms with Gasteiger partial charge in [-0.05, 0) is 31.2 Å². The van der Waals surface area contributed by atoms with E-state index in [0.717, 1.165) is 5.56 Å². The molecule has 8 nitrogen and oxygen atoms in total. The molecule has 168 valence electrons. The van der Waals surface area contributed by atoms with Crippen LogP contribution in [0.2, 0.25) is 0 Å². The molecule has 1 aliphatic rings. The number of nitrogens with zero attached hydrogens (tertiary/aromatic N) is 3. The van der Waals surface area contributed by atoms with Crippen LogP contribution in [0.3, 0.4) is 0 Å². The third-order valence-electron chi connectivity index (χ3n) is 5.47. The van der Waals surface area contributed by atoms with Crippen molar-refractivity contribution in [1.82, 2.24) is 14.6 Å². The van der Waals surface area contributed by atoms with Crippen LogP contribution in [0.25, 0.3) is 22.4 Å². The fourth-order valence-electron chi connectivity index (χ4n) is 3.72.